The molecule has 4 heterocycles. The Balaban J connectivity index is 1.36. The van der Waals surface area contributed by atoms with Gasteiger partial charge in [0.25, 0.3) is 0 Å². The second-order valence-electron chi connectivity index (χ2n) is 8.47. The van der Waals surface area contributed by atoms with Gasteiger partial charge in [0, 0.05) is 54.2 Å². The van der Waals surface area contributed by atoms with E-state index < -0.39 is 5.91 Å². The average molecular weight is 443 g/mol. The molecule has 1 aromatic carbocycles. The van der Waals surface area contributed by atoms with E-state index in [1.54, 1.807) is 18.3 Å². The van der Waals surface area contributed by atoms with Crippen molar-refractivity contribution in [3.8, 4) is 5.69 Å². The van der Waals surface area contributed by atoms with Crippen LogP contribution in [0.3, 0.4) is 0 Å². The van der Waals surface area contributed by atoms with E-state index >= 15 is 0 Å². The zero-order chi connectivity index (χ0) is 22.9. The smallest absolute Gasteiger partial charge is 0.248 e. The number of primary amides is 1. The summed E-state index contributed by atoms with van der Waals surface area (Å²) in [6.45, 7) is 6.24. The van der Waals surface area contributed by atoms with Crippen molar-refractivity contribution >= 4 is 34.4 Å². The first-order chi connectivity index (χ1) is 16.0. The van der Waals surface area contributed by atoms with Gasteiger partial charge in [-0.3, -0.25) is 4.79 Å². The van der Waals surface area contributed by atoms with E-state index in [4.69, 9.17) is 10.7 Å². The number of aromatic nitrogens is 4. The third-order valence-electron chi connectivity index (χ3n) is 5.74. The van der Waals surface area contributed by atoms with Crippen molar-refractivity contribution in [2.75, 3.05) is 23.3 Å². The van der Waals surface area contributed by atoms with Gasteiger partial charge in [0.2, 0.25) is 11.9 Å². The van der Waals surface area contributed by atoms with Crippen LogP contribution in [0.4, 0.5) is 17.5 Å². The fourth-order valence-electron chi connectivity index (χ4n) is 4.26. The fraction of sp³-hybridized carbons (Fsp3) is 0.250. The molecule has 2 atom stereocenters. The molecule has 1 amide bonds. The summed E-state index contributed by atoms with van der Waals surface area (Å²) in [5.41, 5.74) is 8.27. The Labute approximate surface area is 191 Å². The van der Waals surface area contributed by atoms with Gasteiger partial charge >= 0.3 is 0 Å². The lowest BCUT2D eigenvalue weighted by Gasteiger charge is -2.36. The molecule has 9 nitrogen and oxygen atoms in total. The Hall–Kier alpha value is -3.98. The molecule has 4 N–H and O–H groups in total. The molecule has 0 radical (unpaired) electrons. The highest BCUT2D eigenvalue weighted by Crippen LogP contribution is 2.22. The van der Waals surface area contributed by atoms with E-state index in [9.17, 15) is 4.79 Å². The first kappa shape index (κ1) is 20.9. The lowest BCUT2D eigenvalue weighted by Crippen LogP contribution is -2.54. The number of nitrogens with zero attached hydrogens (tertiary/aromatic N) is 5. The number of hydrogen-bond donors (Lipinski definition) is 3. The number of hydrogen-bond acceptors (Lipinski definition) is 7. The number of fused-ring (bicyclic) bond motifs is 1. The van der Waals surface area contributed by atoms with Crippen molar-refractivity contribution in [3.05, 3.63) is 66.6 Å². The highest BCUT2D eigenvalue weighted by molar-refractivity contribution is 5.93. The maximum Gasteiger partial charge on any atom is 0.248 e. The van der Waals surface area contributed by atoms with Crippen LogP contribution in [0.2, 0.25) is 0 Å². The average Bonchev–Trinajstić information content (AvgIpc) is 3.22. The van der Waals surface area contributed by atoms with E-state index in [1.807, 2.05) is 47.3 Å². The second kappa shape index (κ2) is 8.51. The Morgan fingerprint density at radius 2 is 1.79 bits per heavy atom. The van der Waals surface area contributed by atoms with Gasteiger partial charge in [0.15, 0.2) is 0 Å². The summed E-state index contributed by atoms with van der Waals surface area (Å²) in [6, 6.07) is 13.9. The number of piperazine rings is 1. The van der Waals surface area contributed by atoms with Crippen LogP contribution in [0.25, 0.3) is 16.7 Å². The maximum atomic E-state index is 11.3. The largest absolute Gasteiger partial charge is 0.366 e. The van der Waals surface area contributed by atoms with E-state index in [2.05, 4.69) is 39.3 Å². The van der Waals surface area contributed by atoms with E-state index in [0.717, 1.165) is 41.3 Å². The minimum atomic E-state index is -0.451. The molecule has 3 aromatic heterocycles. The van der Waals surface area contributed by atoms with Crippen LogP contribution in [0.15, 0.2) is 61.1 Å². The summed E-state index contributed by atoms with van der Waals surface area (Å²) in [6.07, 6.45) is 5.51. The molecule has 1 saturated heterocycles. The third-order valence-corrected chi connectivity index (χ3v) is 5.74. The zero-order valence-electron chi connectivity index (χ0n) is 18.6. The van der Waals surface area contributed by atoms with Crippen LogP contribution < -0.4 is 21.3 Å². The Bertz CT molecular complexity index is 1270. The molecule has 0 bridgehead atoms. The molecule has 33 heavy (non-hydrogen) atoms. The van der Waals surface area contributed by atoms with Crippen LogP contribution in [0, 0.1) is 0 Å². The molecule has 1 aliphatic rings. The minimum absolute atomic E-state index is 0.428. The highest BCUT2D eigenvalue weighted by atomic mass is 16.1. The van der Waals surface area contributed by atoms with Gasteiger partial charge < -0.3 is 25.8 Å². The third kappa shape index (κ3) is 4.35. The molecule has 0 saturated carbocycles. The molecule has 9 heteroatoms. The number of pyridine rings is 1. The quantitative estimate of drug-likeness (QED) is 0.435. The van der Waals surface area contributed by atoms with Gasteiger partial charge in [0.1, 0.15) is 11.5 Å². The summed E-state index contributed by atoms with van der Waals surface area (Å²) in [4.78, 5) is 27.4. The predicted molar refractivity (Wildman–Crippen MR) is 129 cm³/mol. The molecule has 4 aromatic rings. The van der Waals surface area contributed by atoms with Crippen molar-refractivity contribution in [2.24, 2.45) is 5.73 Å². The van der Waals surface area contributed by atoms with Crippen molar-refractivity contribution in [2.45, 2.75) is 25.9 Å². The number of carbonyl (C=O) groups excluding carboxylic acids is 1. The molecule has 0 aliphatic carbocycles. The number of nitrogens with two attached hydrogens (primary N) is 1. The number of benzene rings is 1. The van der Waals surface area contributed by atoms with Gasteiger partial charge in [-0.15, -0.1) is 0 Å². The molecular formula is C24H26N8O. The van der Waals surface area contributed by atoms with Crippen molar-refractivity contribution in [1.29, 1.82) is 0 Å². The number of anilines is 3. The summed E-state index contributed by atoms with van der Waals surface area (Å²) in [5, 5.41) is 7.70. The molecule has 1 fully saturated rings. The molecule has 5 rings (SSSR count). The van der Waals surface area contributed by atoms with Crippen LogP contribution in [0.5, 0.6) is 0 Å². The molecule has 2 unspecified atom stereocenters. The predicted octanol–water partition coefficient (Wildman–Crippen LogP) is 2.84. The summed E-state index contributed by atoms with van der Waals surface area (Å²) < 4.78 is 1.95. The minimum Gasteiger partial charge on any atom is -0.366 e. The molecule has 1 aliphatic heterocycles. The summed E-state index contributed by atoms with van der Waals surface area (Å²) in [5.74, 6) is 0.994. The topological polar surface area (TPSA) is 114 Å². The van der Waals surface area contributed by atoms with Gasteiger partial charge in [-0.2, -0.15) is 4.98 Å². The van der Waals surface area contributed by atoms with Crippen LogP contribution in [-0.4, -0.2) is 50.6 Å². The number of carbonyl (C=O) groups is 1. The first-order valence-corrected chi connectivity index (χ1v) is 10.9. The Kier molecular flexibility index (Phi) is 5.39. The molecule has 168 valence electrons. The van der Waals surface area contributed by atoms with E-state index in [-0.39, 0.29) is 0 Å². The molecular weight excluding hydrogens is 416 g/mol. The van der Waals surface area contributed by atoms with Crippen LogP contribution >= 0.6 is 0 Å². The monoisotopic (exact) mass is 442 g/mol. The highest BCUT2D eigenvalue weighted by Gasteiger charge is 2.21. The van der Waals surface area contributed by atoms with Crippen molar-refractivity contribution in [3.63, 3.8) is 0 Å². The van der Waals surface area contributed by atoms with E-state index in [0.29, 0.717) is 23.6 Å². The molecule has 0 spiro atoms. The Morgan fingerprint density at radius 1 is 1.03 bits per heavy atom. The summed E-state index contributed by atoms with van der Waals surface area (Å²) >= 11 is 0. The first-order valence-electron chi connectivity index (χ1n) is 10.9. The van der Waals surface area contributed by atoms with Crippen LogP contribution in [-0.2, 0) is 0 Å². The standard InChI is InChI=1S/C24H26N8O/c1-15-13-31(14-16(2)28-15)21-8-5-19(12-26-21)29-24-27-11-18-9-10-32(23(18)30-24)20-6-3-17(4-7-20)22(25)33/h3-12,15-16,28H,13-14H2,1-2H3,(H2,25,33)(H,27,29,30). The van der Waals surface area contributed by atoms with Crippen LogP contribution in [0.1, 0.15) is 24.2 Å². The van der Waals surface area contributed by atoms with Gasteiger partial charge in [-0.25, -0.2) is 9.97 Å². The zero-order valence-corrected chi connectivity index (χ0v) is 18.6. The lowest BCUT2D eigenvalue weighted by molar-refractivity contribution is 0.100. The number of amides is 1. The number of nitrogens with one attached hydrogen (secondary N) is 2. The fourth-order valence-corrected chi connectivity index (χ4v) is 4.26. The SMILES string of the molecule is CC1CN(c2ccc(Nc3ncc4ccn(-c5ccc(C(N)=O)cc5)c4n3)cn2)CC(C)N1. The second-order valence-corrected chi connectivity index (χ2v) is 8.47. The van der Waals surface area contributed by atoms with E-state index in [1.165, 1.54) is 0 Å². The van der Waals surface area contributed by atoms with Gasteiger partial charge in [0.05, 0.1) is 11.9 Å². The van der Waals surface area contributed by atoms with Gasteiger partial charge in [-0.1, -0.05) is 0 Å². The maximum absolute atomic E-state index is 11.3. The normalized spacial score (nSPS) is 18.4. The van der Waals surface area contributed by atoms with Crippen molar-refractivity contribution in [1.82, 2.24) is 24.8 Å². The van der Waals surface area contributed by atoms with Gasteiger partial charge in [-0.05, 0) is 56.3 Å². The van der Waals surface area contributed by atoms with Crippen molar-refractivity contribution < 1.29 is 4.79 Å². The Morgan fingerprint density at radius 3 is 2.45 bits per heavy atom. The summed E-state index contributed by atoms with van der Waals surface area (Å²) in [7, 11) is 0. The lowest BCUT2D eigenvalue weighted by atomic mass is 10.1. The number of rotatable bonds is 5.